The van der Waals surface area contributed by atoms with Gasteiger partial charge in [-0.3, -0.25) is 24.6 Å². The first-order valence-corrected chi connectivity index (χ1v) is 10.2. The van der Waals surface area contributed by atoms with Crippen molar-refractivity contribution in [1.29, 1.82) is 0 Å². The van der Waals surface area contributed by atoms with E-state index in [9.17, 15) is 32.9 Å². The number of non-ortho nitro benzene ring substituents is 1. The number of carbonyl (C=O) groups is 1. The molecule has 1 saturated heterocycles. The molecule has 0 saturated carbocycles. The zero-order chi connectivity index (χ0) is 22.9. The zero-order valence-corrected chi connectivity index (χ0v) is 17.5. The molecule has 13 heteroatoms. The minimum absolute atomic E-state index is 0.157. The van der Waals surface area contributed by atoms with Gasteiger partial charge in [0.05, 0.1) is 22.5 Å². The maximum atomic E-state index is 13.1. The molecular weight excluding hydrogens is 441 g/mol. The topological polar surface area (TPSA) is 106 Å². The van der Waals surface area contributed by atoms with Crippen LogP contribution in [0.5, 0.6) is 0 Å². The quantitative estimate of drug-likeness (QED) is 0.381. The Morgan fingerprint density at radius 1 is 1.32 bits per heavy atom. The average molecular weight is 460 g/mol. The summed E-state index contributed by atoms with van der Waals surface area (Å²) in [6.45, 7) is 5.38. The average Bonchev–Trinajstić information content (AvgIpc) is 2.72. The van der Waals surface area contributed by atoms with Crippen LogP contribution in [0.1, 0.15) is 19.4 Å². The molecule has 0 aliphatic carbocycles. The van der Waals surface area contributed by atoms with E-state index < -0.39 is 39.3 Å². The molecule has 9 nitrogen and oxygen atoms in total. The predicted octanol–water partition coefficient (Wildman–Crippen LogP) is 2.66. The fourth-order valence-electron chi connectivity index (χ4n) is 3.29. The van der Waals surface area contributed by atoms with Crippen molar-refractivity contribution in [2.45, 2.75) is 26.1 Å². The molecule has 3 rings (SSSR count). The van der Waals surface area contributed by atoms with Crippen molar-refractivity contribution in [3.63, 3.8) is 0 Å². The van der Waals surface area contributed by atoms with Gasteiger partial charge >= 0.3 is 12.1 Å². The summed E-state index contributed by atoms with van der Waals surface area (Å²) in [7, 11) is 0. The number of esters is 1. The summed E-state index contributed by atoms with van der Waals surface area (Å²) in [6, 6.07) is 0.574. The van der Waals surface area contributed by atoms with E-state index in [4.69, 9.17) is 4.74 Å². The fraction of sp³-hybridized carbons (Fsp3) is 0.500. The summed E-state index contributed by atoms with van der Waals surface area (Å²) < 4.78 is 44.1. The Kier molecular flexibility index (Phi) is 6.46. The van der Waals surface area contributed by atoms with E-state index in [0.717, 1.165) is 11.3 Å². The first kappa shape index (κ1) is 22.9. The molecule has 168 valence electrons. The molecule has 1 aliphatic rings. The normalized spacial score (nSPS) is 16.4. The summed E-state index contributed by atoms with van der Waals surface area (Å²) in [5.41, 5.74) is -3.02. The number of benzene rings is 1. The number of carbonyl (C=O) groups excluding carboxylic acids is 1. The van der Waals surface area contributed by atoms with Crippen LogP contribution < -0.4 is 10.5 Å². The number of halogens is 3. The number of aromatic nitrogens is 1. The molecule has 1 aromatic heterocycles. The first-order valence-electron chi connectivity index (χ1n) is 9.39. The van der Waals surface area contributed by atoms with Crippen molar-refractivity contribution in [2.75, 3.05) is 37.7 Å². The molecular formula is C18H19F3N4O5S. The second kappa shape index (κ2) is 8.75. The first-order chi connectivity index (χ1) is 14.5. The Morgan fingerprint density at radius 3 is 2.52 bits per heavy atom. The second-order valence-corrected chi connectivity index (χ2v) is 7.86. The molecule has 1 fully saturated rings. The molecule has 0 amide bonds. The molecule has 1 atom stereocenters. The molecule has 0 radical (unpaired) electrons. The number of nitrogens with zero attached hydrogens (tertiary/aromatic N) is 4. The Bertz CT molecular complexity index is 1070. The summed E-state index contributed by atoms with van der Waals surface area (Å²) in [5, 5.41) is 11.1. The highest BCUT2D eigenvalue weighted by Crippen LogP contribution is 2.38. The Hall–Kier alpha value is -2.80. The Morgan fingerprint density at radius 2 is 1.97 bits per heavy atom. The third-order valence-corrected chi connectivity index (χ3v) is 6.14. The van der Waals surface area contributed by atoms with Crippen molar-refractivity contribution in [3.05, 3.63) is 38.2 Å². The van der Waals surface area contributed by atoms with Gasteiger partial charge in [-0.15, -0.1) is 0 Å². The van der Waals surface area contributed by atoms with Gasteiger partial charge in [-0.05, 0) is 19.9 Å². The lowest BCUT2D eigenvalue weighted by molar-refractivity contribution is -0.383. The van der Waals surface area contributed by atoms with Crippen molar-refractivity contribution in [2.24, 2.45) is 0 Å². The van der Waals surface area contributed by atoms with E-state index in [-0.39, 0.29) is 22.4 Å². The summed E-state index contributed by atoms with van der Waals surface area (Å²) in [5.74, 6) is -0.347. The van der Waals surface area contributed by atoms with Crippen LogP contribution >= 0.6 is 11.3 Å². The van der Waals surface area contributed by atoms with E-state index >= 15 is 0 Å². The highest BCUT2D eigenvalue weighted by Gasteiger charge is 2.34. The van der Waals surface area contributed by atoms with Gasteiger partial charge in [0, 0.05) is 32.2 Å². The van der Waals surface area contributed by atoms with Gasteiger partial charge < -0.3 is 9.64 Å². The third-order valence-electron chi connectivity index (χ3n) is 4.97. The number of nitro groups is 1. The van der Waals surface area contributed by atoms with Crippen LogP contribution in [0.15, 0.2) is 16.9 Å². The van der Waals surface area contributed by atoms with Gasteiger partial charge in [-0.1, -0.05) is 11.3 Å². The van der Waals surface area contributed by atoms with Crippen molar-refractivity contribution in [3.8, 4) is 0 Å². The lowest BCUT2D eigenvalue weighted by Crippen LogP contribution is -2.52. The van der Waals surface area contributed by atoms with Gasteiger partial charge in [-0.2, -0.15) is 18.2 Å². The van der Waals surface area contributed by atoms with E-state index in [2.05, 4.69) is 4.98 Å². The number of piperazine rings is 1. The SMILES string of the molecule is CCOC(=O)C(C)N1CCN(c2nc(=O)c3cc(C(F)(F)F)cc([N+](=O)[O-])c3s2)CC1. The number of anilines is 1. The maximum absolute atomic E-state index is 13.1. The summed E-state index contributed by atoms with van der Waals surface area (Å²) in [4.78, 5) is 42.3. The van der Waals surface area contributed by atoms with Crippen molar-refractivity contribution < 1.29 is 27.6 Å². The zero-order valence-electron chi connectivity index (χ0n) is 16.6. The van der Waals surface area contributed by atoms with Gasteiger partial charge in [0.25, 0.3) is 11.2 Å². The Labute approximate surface area is 178 Å². The van der Waals surface area contributed by atoms with E-state index in [1.165, 1.54) is 0 Å². The molecule has 0 bridgehead atoms. The van der Waals surface area contributed by atoms with Crippen LogP contribution in [-0.2, 0) is 15.7 Å². The molecule has 1 aromatic carbocycles. The molecule has 2 aromatic rings. The number of hydrogen-bond donors (Lipinski definition) is 0. The van der Waals surface area contributed by atoms with E-state index in [0.29, 0.717) is 38.3 Å². The van der Waals surface area contributed by atoms with Crippen molar-refractivity contribution >= 4 is 38.2 Å². The van der Waals surface area contributed by atoms with Crippen LogP contribution in [-0.4, -0.2) is 59.6 Å². The summed E-state index contributed by atoms with van der Waals surface area (Å²) >= 11 is 0.802. The van der Waals surface area contributed by atoms with Crippen molar-refractivity contribution in [1.82, 2.24) is 9.88 Å². The highest BCUT2D eigenvalue weighted by molar-refractivity contribution is 7.22. The van der Waals surface area contributed by atoms with Crippen LogP contribution in [0.4, 0.5) is 24.0 Å². The van der Waals surface area contributed by atoms with Gasteiger partial charge in [0.1, 0.15) is 10.7 Å². The highest BCUT2D eigenvalue weighted by atomic mass is 32.1. The van der Waals surface area contributed by atoms with Gasteiger partial charge in [0.2, 0.25) is 0 Å². The number of alkyl halides is 3. The van der Waals surface area contributed by atoms with E-state index in [1.54, 1.807) is 18.7 Å². The fourth-order valence-corrected chi connectivity index (χ4v) is 4.40. The number of nitro benzene ring substituents is 1. The lowest BCUT2D eigenvalue weighted by Gasteiger charge is -2.37. The van der Waals surface area contributed by atoms with Crippen LogP contribution in [0, 0.1) is 10.1 Å². The second-order valence-electron chi connectivity index (χ2n) is 6.88. The van der Waals surface area contributed by atoms with Gasteiger partial charge in [0.15, 0.2) is 5.13 Å². The Balaban J connectivity index is 1.91. The number of hydrogen-bond acceptors (Lipinski definition) is 9. The molecule has 0 spiro atoms. The van der Waals surface area contributed by atoms with Crippen LogP contribution in [0.3, 0.4) is 0 Å². The molecule has 2 heterocycles. The standard InChI is InChI=1S/C18H19F3N4O5S/c1-3-30-16(27)10(2)23-4-6-24(7-5-23)17-22-15(26)12-8-11(18(19,20)21)9-13(25(28)29)14(12)31-17/h8-10H,3-7H2,1-2H3. The smallest absolute Gasteiger partial charge is 0.416 e. The monoisotopic (exact) mass is 460 g/mol. The predicted molar refractivity (Wildman–Crippen MR) is 107 cm³/mol. The van der Waals surface area contributed by atoms with Gasteiger partial charge in [-0.25, -0.2) is 0 Å². The molecule has 1 unspecified atom stereocenters. The molecule has 31 heavy (non-hydrogen) atoms. The lowest BCUT2D eigenvalue weighted by atomic mass is 10.1. The van der Waals surface area contributed by atoms with E-state index in [1.807, 2.05) is 4.90 Å². The van der Waals surface area contributed by atoms with Crippen LogP contribution in [0.25, 0.3) is 10.1 Å². The molecule has 0 N–H and O–H groups in total. The number of fused-ring (bicyclic) bond motifs is 1. The number of ether oxygens (including phenoxy) is 1. The summed E-state index contributed by atoms with van der Waals surface area (Å²) in [6.07, 6.45) is -4.83. The molecule has 1 aliphatic heterocycles. The number of rotatable bonds is 5. The minimum Gasteiger partial charge on any atom is -0.465 e. The minimum atomic E-state index is -4.83. The maximum Gasteiger partial charge on any atom is 0.416 e. The largest absolute Gasteiger partial charge is 0.465 e. The van der Waals surface area contributed by atoms with Crippen LogP contribution in [0.2, 0.25) is 0 Å². The third kappa shape index (κ3) is 4.77.